The molecule has 2 aromatic carbocycles. The molecule has 0 saturated carbocycles. The van der Waals surface area contributed by atoms with E-state index in [4.69, 9.17) is 14.2 Å². The van der Waals surface area contributed by atoms with E-state index in [0.717, 1.165) is 0 Å². The van der Waals surface area contributed by atoms with Gasteiger partial charge in [-0.05, 0) is 29.8 Å². The Balaban J connectivity index is 1.40. The number of rotatable bonds is 7. The lowest BCUT2D eigenvalue weighted by Gasteiger charge is -2.13. The molecule has 1 heterocycles. The zero-order chi connectivity index (χ0) is 17.6. The molecule has 2 aromatic rings. The second-order valence-electron chi connectivity index (χ2n) is 5.59. The summed E-state index contributed by atoms with van der Waals surface area (Å²) in [5.74, 6) is 1.09. The molecule has 25 heavy (non-hydrogen) atoms. The van der Waals surface area contributed by atoms with E-state index in [2.05, 4.69) is 5.32 Å². The number of aliphatic hydroxyl groups is 1. The fraction of sp³-hybridized carbons (Fsp3) is 0.278. The zero-order valence-corrected chi connectivity index (χ0v) is 13.4. The van der Waals surface area contributed by atoms with Crippen molar-refractivity contribution in [3.8, 4) is 17.2 Å². The van der Waals surface area contributed by atoms with Crippen molar-refractivity contribution in [2.45, 2.75) is 12.5 Å². The van der Waals surface area contributed by atoms with Crippen LogP contribution in [-0.4, -0.2) is 37.1 Å². The van der Waals surface area contributed by atoms with E-state index >= 15 is 0 Å². The molecule has 1 amide bonds. The third-order valence-corrected chi connectivity index (χ3v) is 3.57. The van der Waals surface area contributed by atoms with Crippen molar-refractivity contribution in [1.82, 2.24) is 5.32 Å². The molecule has 1 atom stereocenters. The van der Waals surface area contributed by atoms with Crippen LogP contribution in [0.3, 0.4) is 0 Å². The van der Waals surface area contributed by atoms with Crippen LogP contribution in [0.15, 0.2) is 42.5 Å². The quantitative estimate of drug-likeness (QED) is 0.796. The molecule has 3 rings (SSSR count). The first-order valence-corrected chi connectivity index (χ1v) is 7.82. The number of aliphatic hydroxyl groups excluding tert-OH is 1. The minimum atomic E-state index is -0.873. The fourth-order valence-electron chi connectivity index (χ4n) is 2.34. The maximum absolute atomic E-state index is 13.1. The molecule has 0 unspecified atom stereocenters. The smallest absolute Gasteiger partial charge is 0.231 e. The second kappa shape index (κ2) is 7.85. The first-order valence-electron chi connectivity index (χ1n) is 7.82. The van der Waals surface area contributed by atoms with Crippen LogP contribution in [0.25, 0.3) is 0 Å². The molecule has 2 N–H and O–H groups in total. The molecule has 1 aliphatic heterocycles. The molecule has 0 aromatic heterocycles. The summed E-state index contributed by atoms with van der Waals surface area (Å²) in [5, 5.41) is 12.5. The van der Waals surface area contributed by atoms with Gasteiger partial charge in [0.05, 0.1) is 6.42 Å². The second-order valence-corrected chi connectivity index (χ2v) is 5.59. The highest BCUT2D eigenvalue weighted by atomic mass is 19.1. The largest absolute Gasteiger partial charge is 0.491 e. The summed E-state index contributed by atoms with van der Waals surface area (Å²) >= 11 is 0. The first kappa shape index (κ1) is 17.0. The van der Waals surface area contributed by atoms with Gasteiger partial charge in [-0.2, -0.15) is 0 Å². The zero-order valence-electron chi connectivity index (χ0n) is 13.4. The SMILES string of the molecule is O=C(Cc1cccc(F)c1)NC[C@H](O)COc1ccc2c(c1)OCO2. The van der Waals surface area contributed by atoms with Gasteiger partial charge >= 0.3 is 0 Å². The van der Waals surface area contributed by atoms with Crippen molar-refractivity contribution >= 4 is 5.91 Å². The maximum atomic E-state index is 13.1. The Morgan fingerprint density at radius 2 is 2.08 bits per heavy atom. The number of carbonyl (C=O) groups is 1. The molecule has 6 nitrogen and oxygen atoms in total. The molecule has 7 heteroatoms. The lowest BCUT2D eigenvalue weighted by Crippen LogP contribution is -2.36. The summed E-state index contributed by atoms with van der Waals surface area (Å²) in [4.78, 5) is 11.8. The fourth-order valence-corrected chi connectivity index (χ4v) is 2.34. The number of ether oxygens (including phenoxy) is 3. The third kappa shape index (κ3) is 4.84. The van der Waals surface area contributed by atoms with Crippen LogP contribution in [0.4, 0.5) is 4.39 Å². The van der Waals surface area contributed by atoms with Crippen molar-refractivity contribution in [2.24, 2.45) is 0 Å². The highest BCUT2D eigenvalue weighted by Crippen LogP contribution is 2.35. The lowest BCUT2D eigenvalue weighted by molar-refractivity contribution is -0.121. The average molecular weight is 347 g/mol. The van der Waals surface area contributed by atoms with Gasteiger partial charge in [-0.15, -0.1) is 0 Å². The van der Waals surface area contributed by atoms with Gasteiger partial charge in [-0.3, -0.25) is 4.79 Å². The van der Waals surface area contributed by atoms with Crippen LogP contribution in [0.2, 0.25) is 0 Å². The number of benzene rings is 2. The molecule has 132 valence electrons. The standard InChI is InChI=1S/C18H18FNO5/c19-13-3-1-2-12(6-13)7-18(22)20-9-14(21)10-23-15-4-5-16-17(8-15)25-11-24-16/h1-6,8,14,21H,7,9-11H2,(H,20,22)/t14-/m0/s1. The van der Waals surface area contributed by atoms with Crippen molar-refractivity contribution in [1.29, 1.82) is 0 Å². The van der Waals surface area contributed by atoms with E-state index in [0.29, 0.717) is 22.8 Å². The van der Waals surface area contributed by atoms with E-state index in [-0.39, 0.29) is 38.1 Å². The third-order valence-electron chi connectivity index (χ3n) is 3.57. The topological polar surface area (TPSA) is 77.0 Å². The van der Waals surface area contributed by atoms with Crippen molar-refractivity contribution in [3.63, 3.8) is 0 Å². The van der Waals surface area contributed by atoms with Crippen LogP contribution < -0.4 is 19.5 Å². The maximum Gasteiger partial charge on any atom is 0.231 e. The molecule has 1 aliphatic rings. The van der Waals surface area contributed by atoms with Gasteiger partial charge in [-0.1, -0.05) is 12.1 Å². The minimum absolute atomic E-state index is 0.0138. The van der Waals surface area contributed by atoms with Gasteiger partial charge < -0.3 is 24.6 Å². The summed E-state index contributed by atoms with van der Waals surface area (Å²) in [6, 6.07) is 11.0. The Morgan fingerprint density at radius 1 is 1.24 bits per heavy atom. The summed E-state index contributed by atoms with van der Waals surface area (Å²) in [6.07, 6.45) is -0.824. The molecule has 0 radical (unpaired) electrons. The number of amides is 1. The number of hydrogen-bond acceptors (Lipinski definition) is 5. The van der Waals surface area contributed by atoms with E-state index < -0.39 is 6.10 Å². The molecular weight excluding hydrogens is 329 g/mol. The Labute approximate surface area is 144 Å². The van der Waals surface area contributed by atoms with Crippen LogP contribution >= 0.6 is 0 Å². The van der Waals surface area contributed by atoms with E-state index in [9.17, 15) is 14.3 Å². The van der Waals surface area contributed by atoms with Gasteiger partial charge in [0, 0.05) is 12.6 Å². The molecule has 0 spiro atoms. The lowest BCUT2D eigenvalue weighted by atomic mass is 10.1. The van der Waals surface area contributed by atoms with Crippen molar-refractivity contribution in [2.75, 3.05) is 19.9 Å². The van der Waals surface area contributed by atoms with Gasteiger partial charge in [0.25, 0.3) is 0 Å². The molecule has 0 saturated heterocycles. The van der Waals surface area contributed by atoms with E-state index in [1.165, 1.54) is 12.1 Å². The molecular formula is C18H18FNO5. The predicted octanol–water partition coefficient (Wildman–Crippen LogP) is 1.65. The Bertz CT molecular complexity index is 752. The Hall–Kier alpha value is -2.80. The number of hydrogen-bond donors (Lipinski definition) is 2. The molecule has 0 aliphatic carbocycles. The van der Waals surface area contributed by atoms with Crippen LogP contribution in [-0.2, 0) is 11.2 Å². The number of fused-ring (bicyclic) bond motifs is 1. The monoisotopic (exact) mass is 347 g/mol. The van der Waals surface area contributed by atoms with Crippen LogP contribution in [0.1, 0.15) is 5.56 Å². The minimum Gasteiger partial charge on any atom is -0.491 e. The highest BCUT2D eigenvalue weighted by Gasteiger charge is 2.14. The van der Waals surface area contributed by atoms with Gasteiger partial charge in [0.1, 0.15) is 24.3 Å². The van der Waals surface area contributed by atoms with Gasteiger partial charge in [-0.25, -0.2) is 4.39 Å². The van der Waals surface area contributed by atoms with Gasteiger partial charge in [0.15, 0.2) is 11.5 Å². The van der Waals surface area contributed by atoms with Crippen LogP contribution in [0, 0.1) is 5.82 Å². The number of carbonyl (C=O) groups excluding carboxylic acids is 1. The summed E-state index contributed by atoms with van der Waals surface area (Å²) in [5.41, 5.74) is 0.573. The Morgan fingerprint density at radius 3 is 2.92 bits per heavy atom. The molecule has 0 fully saturated rings. The number of halogens is 1. The summed E-state index contributed by atoms with van der Waals surface area (Å²) in [6.45, 7) is 0.233. The normalized spacial score (nSPS) is 13.4. The van der Waals surface area contributed by atoms with Gasteiger partial charge in [0.2, 0.25) is 12.7 Å². The highest BCUT2D eigenvalue weighted by molar-refractivity contribution is 5.78. The number of nitrogens with one attached hydrogen (secondary N) is 1. The van der Waals surface area contributed by atoms with Crippen molar-refractivity contribution in [3.05, 3.63) is 53.8 Å². The van der Waals surface area contributed by atoms with E-state index in [1.807, 2.05) is 0 Å². The average Bonchev–Trinajstić information content (AvgIpc) is 3.06. The summed E-state index contributed by atoms with van der Waals surface area (Å²) < 4.78 is 29.0. The Kier molecular flexibility index (Phi) is 5.35. The van der Waals surface area contributed by atoms with E-state index in [1.54, 1.807) is 30.3 Å². The first-order chi connectivity index (χ1) is 12.1. The van der Waals surface area contributed by atoms with Crippen molar-refractivity contribution < 1.29 is 28.5 Å². The predicted molar refractivity (Wildman–Crippen MR) is 87.2 cm³/mol. The molecule has 0 bridgehead atoms. The summed E-state index contributed by atoms with van der Waals surface area (Å²) in [7, 11) is 0. The van der Waals surface area contributed by atoms with Crippen LogP contribution in [0.5, 0.6) is 17.2 Å².